The molecule has 36 heavy (non-hydrogen) atoms. The van der Waals surface area contributed by atoms with Gasteiger partial charge in [0.2, 0.25) is 5.91 Å². The van der Waals surface area contributed by atoms with Crippen LogP contribution in [0.1, 0.15) is 68.6 Å². The summed E-state index contributed by atoms with van der Waals surface area (Å²) in [5, 5.41) is 14.9. The van der Waals surface area contributed by atoms with Crippen LogP contribution in [-0.2, 0) is 22.5 Å². The normalized spacial score (nSPS) is 14.1. The number of rotatable bonds is 11. The Hall–Kier alpha value is -2.65. The predicted molar refractivity (Wildman–Crippen MR) is 146 cm³/mol. The molecule has 1 amide bonds. The van der Waals surface area contributed by atoms with E-state index < -0.39 is 5.97 Å². The highest BCUT2D eigenvalue weighted by molar-refractivity contribution is 7.99. The van der Waals surface area contributed by atoms with Gasteiger partial charge in [-0.25, -0.2) is 4.79 Å². The van der Waals surface area contributed by atoms with E-state index in [2.05, 4.69) is 27.0 Å². The number of thioether (sulfide) groups is 1. The smallest absolute Gasteiger partial charge is 0.341 e. The molecule has 1 aromatic carbocycles. The molecule has 0 radical (unpaired) electrons. The molecule has 1 aliphatic carbocycles. The first kappa shape index (κ1) is 26.4. The molecule has 1 aliphatic rings. The lowest BCUT2D eigenvalue weighted by atomic mass is 9.86. The SMILES string of the molecule is CCOC(=O)c1c(-c2ccccc2)csc1NC(=O)CSc1nnc(CCC2CCCCC2)n1CC. The number of hydrogen-bond donors (Lipinski definition) is 1. The molecule has 0 aliphatic heterocycles. The molecule has 0 saturated heterocycles. The van der Waals surface area contributed by atoms with Gasteiger partial charge in [-0.3, -0.25) is 4.79 Å². The van der Waals surface area contributed by atoms with Crippen molar-refractivity contribution in [3.05, 3.63) is 47.1 Å². The van der Waals surface area contributed by atoms with Crippen molar-refractivity contribution in [1.82, 2.24) is 14.8 Å². The molecule has 0 unspecified atom stereocenters. The number of esters is 1. The second kappa shape index (κ2) is 13.1. The van der Waals surface area contributed by atoms with Crippen LogP contribution in [0, 0.1) is 5.92 Å². The summed E-state index contributed by atoms with van der Waals surface area (Å²) in [6.45, 7) is 4.89. The third-order valence-electron chi connectivity index (χ3n) is 6.55. The maximum atomic E-state index is 12.9. The highest BCUT2D eigenvalue weighted by atomic mass is 32.2. The molecule has 9 heteroatoms. The summed E-state index contributed by atoms with van der Waals surface area (Å²) in [6, 6.07) is 9.65. The van der Waals surface area contributed by atoms with Crippen molar-refractivity contribution < 1.29 is 14.3 Å². The minimum Gasteiger partial charge on any atom is -0.462 e. The Bertz CT molecular complexity index is 1150. The Morgan fingerprint density at radius 1 is 1.14 bits per heavy atom. The topological polar surface area (TPSA) is 86.1 Å². The summed E-state index contributed by atoms with van der Waals surface area (Å²) in [6.07, 6.45) is 8.78. The number of carbonyl (C=O) groups is 2. The minimum absolute atomic E-state index is 0.182. The van der Waals surface area contributed by atoms with Gasteiger partial charge in [0, 0.05) is 23.9 Å². The molecule has 2 aromatic heterocycles. The summed E-state index contributed by atoms with van der Waals surface area (Å²) in [7, 11) is 0. The number of nitrogens with one attached hydrogen (secondary N) is 1. The zero-order chi connectivity index (χ0) is 25.3. The number of hydrogen-bond acceptors (Lipinski definition) is 7. The fourth-order valence-corrected chi connectivity index (χ4v) is 6.51. The van der Waals surface area contributed by atoms with E-state index >= 15 is 0 Å². The second-order valence-electron chi connectivity index (χ2n) is 8.96. The van der Waals surface area contributed by atoms with E-state index in [0.29, 0.717) is 10.6 Å². The number of amides is 1. The number of aryl methyl sites for hydroxylation is 1. The van der Waals surface area contributed by atoms with Crippen molar-refractivity contribution in [1.29, 1.82) is 0 Å². The van der Waals surface area contributed by atoms with Crippen LogP contribution in [0.2, 0.25) is 0 Å². The van der Waals surface area contributed by atoms with Crippen LogP contribution < -0.4 is 5.32 Å². The van der Waals surface area contributed by atoms with Crippen molar-refractivity contribution >= 4 is 40.0 Å². The maximum Gasteiger partial charge on any atom is 0.341 e. The molecule has 0 bridgehead atoms. The molecule has 7 nitrogen and oxygen atoms in total. The van der Waals surface area contributed by atoms with Gasteiger partial charge in [0.15, 0.2) is 5.16 Å². The Morgan fingerprint density at radius 3 is 2.64 bits per heavy atom. The van der Waals surface area contributed by atoms with Gasteiger partial charge in [-0.2, -0.15) is 0 Å². The zero-order valence-electron chi connectivity index (χ0n) is 21.0. The summed E-state index contributed by atoms with van der Waals surface area (Å²) < 4.78 is 7.40. The molecule has 4 rings (SSSR count). The Balaban J connectivity index is 1.40. The second-order valence-corrected chi connectivity index (χ2v) is 10.8. The molecule has 0 atom stereocenters. The van der Waals surface area contributed by atoms with Gasteiger partial charge >= 0.3 is 5.97 Å². The highest BCUT2D eigenvalue weighted by Crippen LogP contribution is 2.36. The maximum absolute atomic E-state index is 12.9. The van der Waals surface area contributed by atoms with Gasteiger partial charge in [-0.05, 0) is 31.7 Å². The summed E-state index contributed by atoms with van der Waals surface area (Å²) in [4.78, 5) is 25.6. The first-order valence-electron chi connectivity index (χ1n) is 12.8. The van der Waals surface area contributed by atoms with Crippen LogP contribution in [0.25, 0.3) is 11.1 Å². The standard InChI is InChI=1S/C27H34N4O3S2/c1-3-31-22(16-15-19-11-7-5-8-12-19)29-30-27(31)36-18-23(32)28-25-24(26(33)34-4-2)21(17-35-25)20-13-9-6-10-14-20/h6,9-10,13-14,17,19H,3-5,7-8,11-12,15-16,18H2,1-2H3,(H,28,32). The quantitative estimate of drug-likeness (QED) is 0.228. The molecule has 2 heterocycles. The van der Waals surface area contributed by atoms with Crippen LogP contribution in [0.3, 0.4) is 0 Å². The number of thiophene rings is 1. The molecule has 1 N–H and O–H groups in total. The molecule has 0 spiro atoms. The van der Waals surface area contributed by atoms with Crippen molar-refractivity contribution in [3.8, 4) is 11.1 Å². The summed E-state index contributed by atoms with van der Waals surface area (Å²) in [5.41, 5.74) is 2.06. The largest absolute Gasteiger partial charge is 0.462 e. The van der Waals surface area contributed by atoms with Crippen molar-refractivity contribution in [3.63, 3.8) is 0 Å². The third-order valence-corrected chi connectivity index (χ3v) is 8.41. The van der Waals surface area contributed by atoms with Gasteiger partial charge in [-0.1, -0.05) is 74.2 Å². The molecular formula is C27H34N4O3S2. The van der Waals surface area contributed by atoms with Gasteiger partial charge in [-0.15, -0.1) is 21.5 Å². The van der Waals surface area contributed by atoms with E-state index in [-0.39, 0.29) is 18.3 Å². The fourth-order valence-electron chi connectivity index (χ4n) is 4.72. The summed E-state index contributed by atoms with van der Waals surface area (Å²) >= 11 is 2.71. The summed E-state index contributed by atoms with van der Waals surface area (Å²) in [5.74, 6) is 1.35. The Labute approximate surface area is 221 Å². The minimum atomic E-state index is -0.436. The van der Waals surface area contributed by atoms with E-state index in [1.165, 1.54) is 55.2 Å². The Morgan fingerprint density at radius 2 is 1.92 bits per heavy atom. The molecule has 192 valence electrons. The number of aromatic nitrogens is 3. The fraction of sp³-hybridized carbons (Fsp3) is 0.481. The van der Waals surface area contributed by atoms with Crippen molar-refractivity contribution in [2.75, 3.05) is 17.7 Å². The van der Waals surface area contributed by atoms with E-state index in [9.17, 15) is 9.59 Å². The monoisotopic (exact) mass is 526 g/mol. The predicted octanol–water partition coefficient (Wildman–Crippen LogP) is 6.45. The number of ether oxygens (including phenoxy) is 1. The third kappa shape index (κ3) is 6.56. The lowest BCUT2D eigenvalue weighted by Gasteiger charge is -2.21. The van der Waals surface area contributed by atoms with Crippen LogP contribution in [0.5, 0.6) is 0 Å². The average molecular weight is 527 g/mol. The van der Waals surface area contributed by atoms with Crippen LogP contribution in [0.15, 0.2) is 40.9 Å². The first-order valence-corrected chi connectivity index (χ1v) is 14.7. The van der Waals surface area contributed by atoms with Gasteiger partial charge < -0.3 is 14.6 Å². The zero-order valence-corrected chi connectivity index (χ0v) is 22.6. The van der Waals surface area contributed by atoms with Gasteiger partial charge in [0.25, 0.3) is 0 Å². The number of benzene rings is 1. The molecule has 1 fully saturated rings. The highest BCUT2D eigenvalue weighted by Gasteiger charge is 2.23. The average Bonchev–Trinajstić information content (AvgIpc) is 3.51. The van der Waals surface area contributed by atoms with Crippen LogP contribution in [0.4, 0.5) is 5.00 Å². The van der Waals surface area contributed by atoms with E-state index in [1.54, 1.807) is 6.92 Å². The van der Waals surface area contributed by atoms with Crippen molar-refractivity contribution in [2.24, 2.45) is 5.92 Å². The van der Waals surface area contributed by atoms with E-state index in [1.807, 2.05) is 35.7 Å². The van der Waals surface area contributed by atoms with Gasteiger partial charge in [0.1, 0.15) is 16.4 Å². The lowest BCUT2D eigenvalue weighted by molar-refractivity contribution is -0.113. The lowest BCUT2D eigenvalue weighted by Crippen LogP contribution is -2.17. The number of carbonyl (C=O) groups excluding carboxylic acids is 2. The molecule has 1 saturated carbocycles. The van der Waals surface area contributed by atoms with Crippen LogP contribution >= 0.6 is 23.1 Å². The van der Waals surface area contributed by atoms with E-state index in [0.717, 1.165) is 47.4 Å². The number of nitrogens with zero attached hydrogens (tertiary/aromatic N) is 3. The number of anilines is 1. The molecule has 3 aromatic rings. The Kier molecular flexibility index (Phi) is 9.58. The van der Waals surface area contributed by atoms with Crippen LogP contribution in [-0.4, -0.2) is 39.0 Å². The van der Waals surface area contributed by atoms with Gasteiger partial charge in [0.05, 0.1) is 12.4 Å². The van der Waals surface area contributed by atoms with Crippen molar-refractivity contribution in [2.45, 2.75) is 70.5 Å². The first-order chi connectivity index (χ1) is 17.6. The molecular weight excluding hydrogens is 492 g/mol. The van der Waals surface area contributed by atoms with E-state index in [4.69, 9.17) is 4.74 Å².